The smallest absolute Gasteiger partial charge is 0.142 e. The van der Waals surface area contributed by atoms with E-state index >= 15 is 0 Å². The molecule has 1 aliphatic carbocycles. The van der Waals surface area contributed by atoms with Gasteiger partial charge in [0.2, 0.25) is 0 Å². The second kappa shape index (κ2) is 4.34. The van der Waals surface area contributed by atoms with Crippen molar-refractivity contribution in [3.8, 4) is 5.75 Å². The topological polar surface area (TPSA) is 47.3 Å². The third-order valence-electron chi connectivity index (χ3n) is 2.77. The predicted octanol–water partition coefficient (Wildman–Crippen LogP) is 2.38. The van der Waals surface area contributed by atoms with Crippen molar-refractivity contribution in [3.05, 3.63) is 24.3 Å². The van der Waals surface area contributed by atoms with Gasteiger partial charge in [-0.3, -0.25) is 0 Å². The number of para-hydroxylation sites is 2. The van der Waals surface area contributed by atoms with Crippen LogP contribution in [0.2, 0.25) is 0 Å². The summed E-state index contributed by atoms with van der Waals surface area (Å²) in [5.41, 5.74) is 7.10. The lowest BCUT2D eigenvalue weighted by Gasteiger charge is -2.17. The first-order valence-corrected chi connectivity index (χ1v) is 5.87. The number of nitrogens with two attached hydrogens (primary N) is 1. The molecule has 0 amide bonds. The molecule has 1 saturated carbocycles. The van der Waals surface area contributed by atoms with Crippen LogP contribution in [0.15, 0.2) is 24.3 Å². The fourth-order valence-electron chi connectivity index (χ4n) is 1.58. The number of hydrogen-bond acceptors (Lipinski definition) is 3. The molecule has 0 bridgehead atoms. The van der Waals surface area contributed by atoms with Crippen molar-refractivity contribution in [1.82, 2.24) is 0 Å². The molecule has 2 rings (SSSR count). The number of benzene rings is 1. The molecule has 0 radical (unpaired) electrons. The molecule has 3 N–H and O–H groups in total. The van der Waals surface area contributed by atoms with Crippen LogP contribution in [-0.2, 0) is 0 Å². The molecular formula is C13H20N2O. The second-order valence-electron chi connectivity index (χ2n) is 4.88. The van der Waals surface area contributed by atoms with Crippen LogP contribution < -0.4 is 15.8 Å². The van der Waals surface area contributed by atoms with Gasteiger partial charge in [0.1, 0.15) is 5.75 Å². The van der Waals surface area contributed by atoms with E-state index in [1.165, 1.54) is 0 Å². The number of ether oxygens (including phenoxy) is 1. The van der Waals surface area contributed by atoms with Crippen LogP contribution in [0.3, 0.4) is 0 Å². The van der Waals surface area contributed by atoms with Crippen LogP contribution in [0.25, 0.3) is 0 Å². The number of hydrogen-bond donors (Lipinski definition) is 2. The molecule has 88 valence electrons. The highest BCUT2D eigenvalue weighted by molar-refractivity contribution is 5.56. The van der Waals surface area contributed by atoms with Crippen molar-refractivity contribution in [2.24, 2.45) is 5.73 Å². The maximum absolute atomic E-state index is 6.04. The van der Waals surface area contributed by atoms with E-state index in [1.54, 1.807) is 0 Å². The zero-order valence-electron chi connectivity index (χ0n) is 9.99. The van der Waals surface area contributed by atoms with Crippen LogP contribution in [0.1, 0.15) is 26.7 Å². The van der Waals surface area contributed by atoms with Gasteiger partial charge in [-0.2, -0.15) is 0 Å². The highest BCUT2D eigenvalue weighted by Crippen LogP contribution is 2.33. The summed E-state index contributed by atoms with van der Waals surface area (Å²) in [6.45, 7) is 4.88. The van der Waals surface area contributed by atoms with E-state index in [2.05, 4.69) is 5.32 Å². The maximum atomic E-state index is 6.04. The minimum absolute atomic E-state index is 0.0188. The van der Waals surface area contributed by atoms with E-state index < -0.39 is 0 Å². The molecule has 1 aliphatic rings. The van der Waals surface area contributed by atoms with E-state index in [0.29, 0.717) is 0 Å². The Hall–Kier alpha value is -1.22. The molecule has 3 nitrogen and oxygen atoms in total. The summed E-state index contributed by atoms with van der Waals surface area (Å²) in [6.07, 6.45) is 2.43. The molecule has 0 unspecified atom stereocenters. The molecular weight excluding hydrogens is 200 g/mol. The summed E-state index contributed by atoms with van der Waals surface area (Å²) in [5.74, 6) is 0.904. The zero-order valence-corrected chi connectivity index (χ0v) is 9.99. The lowest BCUT2D eigenvalue weighted by atomic mass is 10.2. The molecule has 0 heterocycles. The lowest BCUT2D eigenvalue weighted by Crippen LogP contribution is -2.31. The Morgan fingerprint density at radius 1 is 1.38 bits per heavy atom. The first-order chi connectivity index (χ1) is 7.59. The van der Waals surface area contributed by atoms with Crippen molar-refractivity contribution in [1.29, 1.82) is 0 Å². The number of anilines is 1. The summed E-state index contributed by atoms with van der Waals surface area (Å²) in [7, 11) is 0. The number of rotatable bonds is 5. The Bertz CT molecular complexity index is 359. The molecule has 0 saturated heterocycles. The highest BCUT2D eigenvalue weighted by atomic mass is 16.5. The van der Waals surface area contributed by atoms with Crippen LogP contribution in [0, 0.1) is 0 Å². The van der Waals surface area contributed by atoms with Gasteiger partial charge in [-0.25, -0.2) is 0 Å². The molecule has 3 heteroatoms. The van der Waals surface area contributed by atoms with Gasteiger partial charge >= 0.3 is 0 Å². The van der Waals surface area contributed by atoms with Gasteiger partial charge in [0.25, 0.3) is 0 Å². The fraction of sp³-hybridized carbons (Fsp3) is 0.538. The molecule has 1 aromatic carbocycles. The van der Waals surface area contributed by atoms with Crippen LogP contribution in [0.4, 0.5) is 5.69 Å². The standard InChI is InChI=1S/C13H20N2O/c1-10(2)16-12-6-4-3-5-11(12)15-9-13(14)7-8-13/h3-6,10,15H,7-9,14H2,1-2H3. The monoisotopic (exact) mass is 220 g/mol. The van der Waals surface area contributed by atoms with Crippen molar-refractivity contribution in [2.45, 2.75) is 38.3 Å². The van der Waals surface area contributed by atoms with Gasteiger partial charge in [0.15, 0.2) is 0 Å². The van der Waals surface area contributed by atoms with Gasteiger partial charge in [-0.15, -0.1) is 0 Å². The average molecular weight is 220 g/mol. The Labute approximate surface area is 97.0 Å². The van der Waals surface area contributed by atoms with E-state index in [1.807, 2.05) is 38.1 Å². The van der Waals surface area contributed by atoms with E-state index in [4.69, 9.17) is 10.5 Å². The van der Waals surface area contributed by atoms with Crippen LogP contribution in [-0.4, -0.2) is 18.2 Å². The molecule has 0 aliphatic heterocycles. The predicted molar refractivity (Wildman–Crippen MR) is 66.8 cm³/mol. The molecule has 0 atom stereocenters. The fourth-order valence-corrected chi connectivity index (χ4v) is 1.58. The maximum Gasteiger partial charge on any atom is 0.142 e. The van der Waals surface area contributed by atoms with Crippen LogP contribution in [0.5, 0.6) is 5.75 Å². The zero-order chi connectivity index (χ0) is 11.6. The van der Waals surface area contributed by atoms with Gasteiger partial charge < -0.3 is 15.8 Å². The summed E-state index contributed by atoms with van der Waals surface area (Å²) in [6, 6.07) is 8.01. The average Bonchev–Trinajstić information content (AvgIpc) is 2.95. The van der Waals surface area contributed by atoms with Gasteiger partial charge in [-0.1, -0.05) is 12.1 Å². The summed E-state index contributed by atoms with van der Waals surface area (Å²) < 4.78 is 5.73. The Balaban J connectivity index is 2.01. The Morgan fingerprint density at radius 2 is 2.06 bits per heavy atom. The first-order valence-electron chi connectivity index (χ1n) is 5.87. The van der Waals surface area contributed by atoms with Crippen LogP contribution >= 0.6 is 0 Å². The molecule has 16 heavy (non-hydrogen) atoms. The summed E-state index contributed by atoms with van der Waals surface area (Å²) >= 11 is 0. The Morgan fingerprint density at radius 3 is 2.69 bits per heavy atom. The van der Waals surface area contributed by atoms with Crippen molar-refractivity contribution in [3.63, 3.8) is 0 Å². The van der Waals surface area contributed by atoms with Crippen molar-refractivity contribution >= 4 is 5.69 Å². The second-order valence-corrected chi connectivity index (χ2v) is 4.88. The molecule has 1 aromatic rings. The van der Waals surface area contributed by atoms with E-state index in [9.17, 15) is 0 Å². The van der Waals surface area contributed by atoms with Gasteiger partial charge in [0, 0.05) is 12.1 Å². The van der Waals surface area contributed by atoms with Crippen molar-refractivity contribution in [2.75, 3.05) is 11.9 Å². The lowest BCUT2D eigenvalue weighted by molar-refractivity contribution is 0.243. The quantitative estimate of drug-likeness (QED) is 0.801. The minimum Gasteiger partial charge on any atom is -0.489 e. The molecule has 0 aromatic heterocycles. The summed E-state index contributed by atoms with van der Waals surface area (Å²) in [5, 5.41) is 3.37. The summed E-state index contributed by atoms with van der Waals surface area (Å²) in [4.78, 5) is 0. The largest absolute Gasteiger partial charge is 0.489 e. The van der Waals surface area contributed by atoms with Gasteiger partial charge in [0.05, 0.1) is 11.8 Å². The molecule has 0 spiro atoms. The van der Waals surface area contributed by atoms with E-state index in [0.717, 1.165) is 30.8 Å². The Kier molecular flexibility index (Phi) is 3.06. The van der Waals surface area contributed by atoms with E-state index in [-0.39, 0.29) is 11.6 Å². The highest BCUT2D eigenvalue weighted by Gasteiger charge is 2.37. The first kappa shape index (κ1) is 11.3. The minimum atomic E-state index is 0.0188. The third kappa shape index (κ3) is 2.89. The SMILES string of the molecule is CC(C)Oc1ccccc1NCC1(N)CC1. The molecule has 1 fully saturated rings. The van der Waals surface area contributed by atoms with Crippen molar-refractivity contribution < 1.29 is 4.74 Å². The van der Waals surface area contributed by atoms with Gasteiger partial charge in [-0.05, 0) is 38.8 Å². The third-order valence-corrected chi connectivity index (χ3v) is 2.77. The number of nitrogens with one attached hydrogen (secondary N) is 1. The normalized spacial score (nSPS) is 17.2.